The zero-order valence-corrected chi connectivity index (χ0v) is 19.2. The Hall–Kier alpha value is -0.500. The molecule has 0 fully saturated rings. The maximum absolute atomic E-state index is 2.31. The van der Waals surface area contributed by atoms with Crippen molar-refractivity contribution in [2.75, 3.05) is 11.5 Å². The number of hydrogen-bond acceptors (Lipinski definition) is 1. The average molecular weight is 393 g/mol. The molecule has 0 unspecified atom stereocenters. The molecule has 1 nitrogen and oxygen atoms in total. The van der Waals surface area contributed by atoms with Crippen LogP contribution in [0.15, 0.2) is 24.5 Å². The Morgan fingerprint density at radius 2 is 1.07 bits per heavy atom. The molecule has 0 atom stereocenters. The first-order chi connectivity index (χ1) is 13.3. The van der Waals surface area contributed by atoms with Gasteiger partial charge in [-0.15, -0.1) is 0 Å². The van der Waals surface area contributed by atoms with Crippen molar-refractivity contribution in [3.63, 3.8) is 0 Å². The van der Waals surface area contributed by atoms with Gasteiger partial charge in [-0.2, -0.15) is 11.8 Å². The predicted octanol–water partition coefficient (Wildman–Crippen LogP) is 7.89. The largest absolute Gasteiger partial charge is 0.205 e. The van der Waals surface area contributed by atoms with Crippen molar-refractivity contribution in [2.24, 2.45) is 0 Å². The summed E-state index contributed by atoms with van der Waals surface area (Å²) in [4.78, 5) is 0. The topological polar surface area (TPSA) is 3.88 Å². The van der Waals surface area contributed by atoms with E-state index < -0.39 is 0 Å². The minimum atomic E-state index is 1.16. The smallest absolute Gasteiger partial charge is 0.169 e. The van der Waals surface area contributed by atoms with Crippen LogP contribution in [0.3, 0.4) is 0 Å². The fraction of sp³-hybridized carbons (Fsp3) is 0.800. The number of aromatic nitrogens is 1. The molecule has 0 saturated heterocycles. The lowest BCUT2D eigenvalue weighted by molar-refractivity contribution is -0.696. The second-order valence-electron chi connectivity index (χ2n) is 8.18. The van der Waals surface area contributed by atoms with Gasteiger partial charge in [-0.1, -0.05) is 90.4 Å². The van der Waals surface area contributed by atoms with Gasteiger partial charge in [0.25, 0.3) is 0 Å². The van der Waals surface area contributed by atoms with E-state index in [9.17, 15) is 0 Å². The number of pyridine rings is 1. The third kappa shape index (κ3) is 16.2. The third-order valence-corrected chi connectivity index (χ3v) is 6.56. The van der Waals surface area contributed by atoms with Gasteiger partial charge in [-0.25, -0.2) is 4.57 Å². The number of nitrogens with zero attached hydrogens (tertiary/aromatic N) is 1. The summed E-state index contributed by atoms with van der Waals surface area (Å²) >= 11 is 2.15. The van der Waals surface area contributed by atoms with Crippen molar-refractivity contribution in [2.45, 2.75) is 117 Å². The van der Waals surface area contributed by atoms with Crippen LogP contribution in [0, 0.1) is 6.92 Å². The van der Waals surface area contributed by atoms with Gasteiger partial charge in [0, 0.05) is 18.6 Å². The summed E-state index contributed by atoms with van der Waals surface area (Å²) in [7, 11) is 0. The van der Waals surface area contributed by atoms with Gasteiger partial charge in [0.05, 0.1) is 0 Å². The SMILES string of the molecule is CCCCCCCCCCCCCCCCSCCC[n+]1ccc(C)cc1. The summed E-state index contributed by atoms with van der Waals surface area (Å²) < 4.78 is 2.31. The van der Waals surface area contributed by atoms with Crippen LogP contribution >= 0.6 is 11.8 Å². The van der Waals surface area contributed by atoms with Gasteiger partial charge < -0.3 is 0 Å². The molecule has 1 heterocycles. The molecule has 156 valence electrons. The minimum absolute atomic E-state index is 1.16. The quantitative estimate of drug-likeness (QED) is 0.171. The Morgan fingerprint density at radius 3 is 1.59 bits per heavy atom. The van der Waals surface area contributed by atoms with E-state index in [-0.39, 0.29) is 0 Å². The molecule has 0 aliphatic rings. The van der Waals surface area contributed by atoms with E-state index in [2.05, 4.69) is 54.7 Å². The zero-order chi connectivity index (χ0) is 19.4. The van der Waals surface area contributed by atoms with Crippen molar-refractivity contribution < 1.29 is 4.57 Å². The van der Waals surface area contributed by atoms with Gasteiger partial charge in [0.15, 0.2) is 12.4 Å². The highest BCUT2D eigenvalue weighted by Crippen LogP contribution is 2.14. The molecular formula is C25H46NS+. The third-order valence-electron chi connectivity index (χ3n) is 5.41. The first-order valence-corrected chi connectivity index (χ1v) is 13.0. The summed E-state index contributed by atoms with van der Waals surface area (Å²) in [5, 5.41) is 0. The lowest BCUT2D eigenvalue weighted by Crippen LogP contribution is -2.32. The Labute approximate surface area is 174 Å². The summed E-state index contributed by atoms with van der Waals surface area (Å²) in [5.74, 6) is 2.66. The molecule has 0 bridgehead atoms. The lowest BCUT2D eigenvalue weighted by atomic mass is 10.0. The highest BCUT2D eigenvalue weighted by Gasteiger charge is 1.99. The minimum Gasteiger partial charge on any atom is -0.205 e. The summed E-state index contributed by atoms with van der Waals surface area (Å²) in [5.41, 5.74) is 1.35. The van der Waals surface area contributed by atoms with Gasteiger partial charge in [0.2, 0.25) is 0 Å². The molecule has 1 aromatic heterocycles. The van der Waals surface area contributed by atoms with E-state index in [1.807, 2.05) is 0 Å². The van der Waals surface area contributed by atoms with Crippen LogP contribution in [0.5, 0.6) is 0 Å². The Balaban J connectivity index is 1.71. The molecule has 2 heteroatoms. The molecule has 27 heavy (non-hydrogen) atoms. The first kappa shape index (κ1) is 24.5. The van der Waals surface area contributed by atoms with E-state index in [0.717, 1.165) is 6.54 Å². The Bertz CT molecular complexity index is 415. The second-order valence-corrected chi connectivity index (χ2v) is 9.40. The molecule has 0 saturated carbocycles. The van der Waals surface area contributed by atoms with Crippen LogP contribution in [0.4, 0.5) is 0 Å². The molecule has 0 aliphatic carbocycles. The van der Waals surface area contributed by atoms with Crippen LogP contribution in [0.1, 0.15) is 109 Å². The summed E-state index contributed by atoms with van der Waals surface area (Å²) in [6.45, 7) is 5.61. The molecule has 1 aromatic rings. The van der Waals surface area contributed by atoms with Crippen molar-refractivity contribution in [3.8, 4) is 0 Å². The van der Waals surface area contributed by atoms with E-state index in [1.165, 1.54) is 113 Å². The summed E-state index contributed by atoms with van der Waals surface area (Å²) in [6.07, 6.45) is 26.0. The predicted molar refractivity (Wildman–Crippen MR) is 124 cm³/mol. The van der Waals surface area contributed by atoms with Gasteiger partial charge in [0.1, 0.15) is 6.54 Å². The highest BCUT2D eigenvalue weighted by atomic mass is 32.2. The fourth-order valence-electron chi connectivity index (χ4n) is 3.53. The number of unbranched alkanes of at least 4 members (excludes halogenated alkanes) is 13. The van der Waals surface area contributed by atoms with Crippen molar-refractivity contribution in [3.05, 3.63) is 30.1 Å². The van der Waals surface area contributed by atoms with E-state index in [4.69, 9.17) is 0 Å². The van der Waals surface area contributed by atoms with E-state index in [0.29, 0.717) is 0 Å². The van der Waals surface area contributed by atoms with Crippen LogP contribution < -0.4 is 4.57 Å². The monoisotopic (exact) mass is 392 g/mol. The normalized spacial score (nSPS) is 11.2. The van der Waals surface area contributed by atoms with Crippen molar-refractivity contribution in [1.82, 2.24) is 0 Å². The number of hydrogen-bond donors (Lipinski definition) is 0. The molecule has 0 amide bonds. The Morgan fingerprint density at radius 1 is 0.630 bits per heavy atom. The van der Waals surface area contributed by atoms with Gasteiger partial charge in [-0.05, 0) is 30.4 Å². The zero-order valence-electron chi connectivity index (χ0n) is 18.4. The maximum atomic E-state index is 2.31. The second kappa shape index (κ2) is 18.8. The average Bonchev–Trinajstić information content (AvgIpc) is 2.68. The molecule has 1 rings (SSSR count). The van der Waals surface area contributed by atoms with Crippen molar-refractivity contribution >= 4 is 11.8 Å². The fourth-order valence-corrected chi connectivity index (χ4v) is 4.48. The van der Waals surface area contributed by atoms with Crippen molar-refractivity contribution in [1.29, 1.82) is 0 Å². The molecule has 0 radical (unpaired) electrons. The highest BCUT2D eigenvalue weighted by molar-refractivity contribution is 7.99. The van der Waals surface area contributed by atoms with Gasteiger partial charge >= 0.3 is 0 Å². The standard InChI is InChI=1S/C25H46NS/c1-3-4-5-6-7-8-9-10-11-12-13-14-15-16-23-27-24-17-20-26-21-18-25(2)19-22-26/h18-19,21-22H,3-17,20,23-24H2,1-2H3/q+1. The number of thioether (sulfide) groups is 1. The van der Waals surface area contributed by atoms with Crippen LogP contribution in [-0.2, 0) is 6.54 Å². The van der Waals surface area contributed by atoms with Gasteiger partial charge in [-0.3, -0.25) is 0 Å². The first-order valence-electron chi connectivity index (χ1n) is 11.9. The van der Waals surface area contributed by atoms with Crippen LogP contribution in [0.25, 0.3) is 0 Å². The molecule has 0 N–H and O–H groups in total. The molecule has 0 spiro atoms. The number of aryl methyl sites for hydroxylation is 2. The number of rotatable bonds is 19. The summed E-state index contributed by atoms with van der Waals surface area (Å²) in [6, 6.07) is 4.39. The lowest BCUT2D eigenvalue weighted by Gasteiger charge is -2.03. The van der Waals surface area contributed by atoms with Crippen LogP contribution in [0.2, 0.25) is 0 Å². The maximum Gasteiger partial charge on any atom is 0.169 e. The molecular weight excluding hydrogens is 346 g/mol. The van der Waals surface area contributed by atoms with E-state index >= 15 is 0 Å². The molecule has 0 aromatic carbocycles. The van der Waals surface area contributed by atoms with E-state index in [1.54, 1.807) is 0 Å². The van der Waals surface area contributed by atoms with Crippen LogP contribution in [-0.4, -0.2) is 11.5 Å². The Kier molecular flexibility index (Phi) is 17.1. The molecule has 0 aliphatic heterocycles.